The SMILES string of the molecule is CCC(CC)(CN)NC(=O)c1cc2c(s1)CCCC2. The fourth-order valence-electron chi connectivity index (χ4n) is 2.67. The van der Waals surface area contributed by atoms with Crippen molar-refractivity contribution < 1.29 is 4.79 Å². The summed E-state index contributed by atoms with van der Waals surface area (Å²) in [6, 6.07) is 2.08. The normalized spacial score (nSPS) is 15.1. The van der Waals surface area contributed by atoms with Crippen LogP contribution in [0.1, 0.15) is 59.6 Å². The third-order valence-electron chi connectivity index (χ3n) is 4.34. The maximum Gasteiger partial charge on any atom is 0.261 e. The average molecular weight is 280 g/mol. The Morgan fingerprint density at radius 2 is 2.05 bits per heavy atom. The van der Waals surface area contributed by atoms with Gasteiger partial charge in [-0.05, 0) is 50.2 Å². The molecule has 0 saturated heterocycles. The van der Waals surface area contributed by atoms with Gasteiger partial charge in [-0.15, -0.1) is 11.3 Å². The highest BCUT2D eigenvalue weighted by Gasteiger charge is 2.28. The van der Waals surface area contributed by atoms with E-state index in [9.17, 15) is 4.79 Å². The first-order chi connectivity index (χ1) is 9.14. The van der Waals surface area contributed by atoms with Crippen molar-refractivity contribution in [1.29, 1.82) is 0 Å². The number of carbonyl (C=O) groups excluding carboxylic acids is 1. The molecule has 3 N–H and O–H groups in total. The van der Waals surface area contributed by atoms with E-state index < -0.39 is 0 Å². The lowest BCUT2D eigenvalue weighted by molar-refractivity contribution is 0.0899. The Morgan fingerprint density at radius 3 is 2.63 bits per heavy atom. The molecule has 1 aromatic heterocycles. The fourth-order valence-corrected chi connectivity index (χ4v) is 3.82. The largest absolute Gasteiger partial charge is 0.345 e. The van der Waals surface area contributed by atoms with Gasteiger partial charge in [0.1, 0.15) is 0 Å². The number of fused-ring (bicyclic) bond motifs is 1. The van der Waals surface area contributed by atoms with Gasteiger partial charge < -0.3 is 11.1 Å². The quantitative estimate of drug-likeness (QED) is 0.871. The van der Waals surface area contributed by atoms with E-state index in [-0.39, 0.29) is 11.4 Å². The molecular formula is C15H24N2OS. The summed E-state index contributed by atoms with van der Waals surface area (Å²) in [6.45, 7) is 4.66. The van der Waals surface area contributed by atoms with E-state index in [1.165, 1.54) is 23.3 Å². The predicted octanol–water partition coefficient (Wildman–Crippen LogP) is 2.87. The molecule has 0 bridgehead atoms. The second-order valence-corrected chi connectivity index (χ2v) is 6.55. The molecule has 2 rings (SSSR count). The number of amides is 1. The molecule has 1 aliphatic carbocycles. The number of thiophene rings is 1. The molecule has 0 saturated carbocycles. The van der Waals surface area contributed by atoms with Crippen molar-refractivity contribution in [3.05, 3.63) is 21.4 Å². The third kappa shape index (κ3) is 3.00. The molecule has 1 amide bonds. The zero-order valence-electron chi connectivity index (χ0n) is 11.9. The molecule has 0 aliphatic heterocycles. The van der Waals surface area contributed by atoms with E-state index in [1.54, 1.807) is 11.3 Å². The third-order valence-corrected chi connectivity index (χ3v) is 5.58. The van der Waals surface area contributed by atoms with Crippen molar-refractivity contribution in [1.82, 2.24) is 5.32 Å². The highest BCUT2D eigenvalue weighted by atomic mass is 32.1. The summed E-state index contributed by atoms with van der Waals surface area (Å²) in [5.41, 5.74) is 6.98. The van der Waals surface area contributed by atoms with Crippen LogP contribution >= 0.6 is 11.3 Å². The molecule has 19 heavy (non-hydrogen) atoms. The Morgan fingerprint density at radius 1 is 1.37 bits per heavy atom. The Hall–Kier alpha value is -0.870. The van der Waals surface area contributed by atoms with Crippen LogP contribution in [-0.2, 0) is 12.8 Å². The molecule has 0 radical (unpaired) electrons. The number of hydrogen-bond donors (Lipinski definition) is 2. The standard InChI is InChI=1S/C15H24N2OS/c1-3-15(4-2,10-16)17-14(18)13-9-11-7-5-6-8-12(11)19-13/h9H,3-8,10,16H2,1-2H3,(H,17,18). The molecule has 0 aromatic carbocycles. The van der Waals surface area contributed by atoms with Crippen LogP contribution < -0.4 is 11.1 Å². The van der Waals surface area contributed by atoms with Gasteiger partial charge in [-0.3, -0.25) is 4.79 Å². The summed E-state index contributed by atoms with van der Waals surface area (Å²) < 4.78 is 0. The van der Waals surface area contributed by atoms with Gasteiger partial charge >= 0.3 is 0 Å². The first-order valence-electron chi connectivity index (χ1n) is 7.28. The van der Waals surface area contributed by atoms with Crippen molar-refractivity contribution in [2.75, 3.05) is 6.54 Å². The van der Waals surface area contributed by atoms with Crippen LogP contribution in [0.2, 0.25) is 0 Å². The van der Waals surface area contributed by atoms with E-state index in [1.807, 2.05) is 0 Å². The minimum absolute atomic E-state index is 0.0496. The summed E-state index contributed by atoms with van der Waals surface area (Å²) >= 11 is 1.66. The van der Waals surface area contributed by atoms with E-state index in [4.69, 9.17) is 5.73 Å². The monoisotopic (exact) mass is 280 g/mol. The highest BCUT2D eigenvalue weighted by Crippen LogP contribution is 2.30. The number of nitrogens with one attached hydrogen (secondary N) is 1. The van der Waals surface area contributed by atoms with E-state index in [2.05, 4.69) is 25.2 Å². The van der Waals surface area contributed by atoms with Crippen LogP contribution in [0.5, 0.6) is 0 Å². The summed E-state index contributed by atoms with van der Waals surface area (Å²) in [5, 5.41) is 3.15. The molecule has 0 unspecified atom stereocenters. The Labute approximate surface area is 119 Å². The molecular weight excluding hydrogens is 256 g/mol. The molecule has 0 atom stereocenters. The van der Waals surface area contributed by atoms with E-state index >= 15 is 0 Å². The first kappa shape index (κ1) is 14.5. The van der Waals surface area contributed by atoms with Crippen molar-refractivity contribution in [3.63, 3.8) is 0 Å². The highest BCUT2D eigenvalue weighted by molar-refractivity contribution is 7.14. The number of carbonyl (C=O) groups is 1. The molecule has 106 valence electrons. The molecule has 3 nitrogen and oxygen atoms in total. The van der Waals surface area contributed by atoms with Crippen LogP contribution in [-0.4, -0.2) is 18.0 Å². The summed E-state index contributed by atoms with van der Waals surface area (Å²) in [5.74, 6) is 0.0496. The van der Waals surface area contributed by atoms with Crippen molar-refractivity contribution in [2.45, 2.75) is 57.9 Å². The summed E-state index contributed by atoms with van der Waals surface area (Å²) in [7, 11) is 0. The molecule has 4 heteroatoms. The molecule has 0 fully saturated rings. The van der Waals surface area contributed by atoms with Gasteiger partial charge in [-0.25, -0.2) is 0 Å². The Bertz CT molecular complexity index is 417. The lowest BCUT2D eigenvalue weighted by atomic mass is 9.93. The van der Waals surface area contributed by atoms with Crippen molar-refractivity contribution in [3.8, 4) is 0 Å². The minimum atomic E-state index is -0.248. The number of nitrogens with two attached hydrogens (primary N) is 1. The molecule has 0 spiro atoms. The first-order valence-corrected chi connectivity index (χ1v) is 8.10. The topological polar surface area (TPSA) is 55.1 Å². The van der Waals surface area contributed by atoms with Gasteiger partial charge in [0.2, 0.25) is 0 Å². The average Bonchev–Trinajstić information content (AvgIpc) is 2.89. The summed E-state index contributed by atoms with van der Waals surface area (Å²) in [6.07, 6.45) is 6.51. The second kappa shape index (κ2) is 6.06. The zero-order valence-corrected chi connectivity index (χ0v) is 12.7. The number of hydrogen-bond acceptors (Lipinski definition) is 3. The number of rotatable bonds is 5. The van der Waals surface area contributed by atoms with Gasteiger partial charge in [0.15, 0.2) is 0 Å². The molecule has 1 aliphatic rings. The van der Waals surface area contributed by atoms with Crippen LogP contribution in [0.15, 0.2) is 6.07 Å². The van der Waals surface area contributed by atoms with Gasteiger partial charge in [-0.1, -0.05) is 13.8 Å². The van der Waals surface area contributed by atoms with Gasteiger partial charge in [-0.2, -0.15) is 0 Å². The van der Waals surface area contributed by atoms with Crippen molar-refractivity contribution >= 4 is 17.2 Å². The second-order valence-electron chi connectivity index (χ2n) is 5.41. The van der Waals surface area contributed by atoms with Crippen LogP contribution in [0.4, 0.5) is 0 Å². The fraction of sp³-hybridized carbons (Fsp3) is 0.667. The number of aryl methyl sites for hydroxylation is 2. The minimum Gasteiger partial charge on any atom is -0.345 e. The van der Waals surface area contributed by atoms with Gasteiger partial charge in [0.25, 0.3) is 5.91 Å². The Kier molecular flexibility index (Phi) is 4.63. The zero-order chi connectivity index (χ0) is 13.9. The molecule has 1 aromatic rings. The van der Waals surface area contributed by atoms with Crippen LogP contribution in [0.3, 0.4) is 0 Å². The predicted molar refractivity (Wildman–Crippen MR) is 80.8 cm³/mol. The van der Waals surface area contributed by atoms with Gasteiger partial charge in [0.05, 0.1) is 10.4 Å². The lowest BCUT2D eigenvalue weighted by Gasteiger charge is -2.31. The Balaban J connectivity index is 2.13. The van der Waals surface area contributed by atoms with Gasteiger partial charge in [0, 0.05) is 11.4 Å². The van der Waals surface area contributed by atoms with Crippen LogP contribution in [0.25, 0.3) is 0 Å². The van der Waals surface area contributed by atoms with Crippen molar-refractivity contribution in [2.24, 2.45) is 5.73 Å². The van der Waals surface area contributed by atoms with Crippen LogP contribution in [0, 0.1) is 0 Å². The summed E-state index contributed by atoms with van der Waals surface area (Å²) in [4.78, 5) is 14.7. The van der Waals surface area contributed by atoms with E-state index in [0.29, 0.717) is 6.54 Å². The maximum absolute atomic E-state index is 12.4. The molecule has 1 heterocycles. The smallest absolute Gasteiger partial charge is 0.261 e. The maximum atomic E-state index is 12.4. The van der Waals surface area contributed by atoms with E-state index in [0.717, 1.165) is 30.6 Å². The lowest BCUT2D eigenvalue weighted by Crippen LogP contribution is -2.52.